The molecule has 0 spiro atoms. The third-order valence-electron chi connectivity index (χ3n) is 3.33. The van der Waals surface area contributed by atoms with Gasteiger partial charge in [0.2, 0.25) is 0 Å². The second-order valence-electron chi connectivity index (χ2n) is 5.20. The van der Waals surface area contributed by atoms with Gasteiger partial charge in [-0.1, -0.05) is 13.0 Å². The summed E-state index contributed by atoms with van der Waals surface area (Å²) in [5.41, 5.74) is 0.882. The van der Waals surface area contributed by atoms with Crippen LogP contribution in [0.3, 0.4) is 0 Å². The molecule has 5 nitrogen and oxygen atoms in total. The Bertz CT molecular complexity index is 583. The van der Waals surface area contributed by atoms with E-state index in [2.05, 4.69) is 0 Å². The van der Waals surface area contributed by atoms with Crippen molar-refractivity contribution >= 4 is 11.5 Å². The van der Waals surface area contributed by atoms with Gasteiger partial charge in [-0.15, -0.1) is 0 Å². The van der Waals surface area contributed by atoms with Crippen LogP contribution in [-0.2, 0) is 4.79 Å². The van der Waals surface area contributed by atoms with Gasteiger partial charge in [-0.05, 0) is 38.2 Å². The van der Waals surface area contributed by atoms with Crippen molar-refractivity contribution in [3.63, 3.8) is 0 Å². The van der Waals surface area contributed by atoms with E-state index >= 15 is 0 Å². The molecule has 0 aromatic carbocycles. The molecule has 5 heteroatoms. The van der Waals surface area contributed by atoms with E-state index in [4.69, 9.17) is 14.3 Å². The second kappa shape index (κ2) is 7.67. The van der Waals surface area contributed by atoms with Crippen molar-refractivity contribution in [2.75, 3.05) is 7.11 Å². The molecule has 1 atom stereocenters. The molecule has 21 heavy (non-hydrogen) atoms. The van der Waals surface area contributed by atoms with Crippen molar-refractivity contribution in [2.45, 2.75) is 40.0 Å². The molecular formula is C16H22O5. The Morgan fingerprint density at radius 2 is 2.19 bits per heavy atom. The average molecular weight is 294 g/mol. The van der Waals surface area contributed by atoms with Crippen molar-refractivity contribution in [1.29, 1.82) is 0 Å². The van der Waals surface area contributed by atoms with Crippen molar-refractivity contribution in [3.05, 3.63) is 33.9 Å². The number of hydrogen-bond acceptors (Lipinski definition) is 4. The quantitative estimate of drug-likeness (QED) is 0.835. The van der Waals surface area contributed by atoms with E-state index in [0.29, 0.717) is 23.5 Å². The zero-order valence-electron chi connectivity index (χ0n) is 12.9. The number of ether oxygens (including phenoxy) is 1. The van der Waals surface area contributed by atoms with E-state index < -0.39 is 11.6 Å². The highest BCUT2D eigenvalue weighted by molar-refractivity contribution is 5.66. The number of hydrogen-bond donors (Lipinski definition) is 1. The number of allylic oxidation sites excluding steroid dienone is 2. The maximum Gasteiger partial charge on any atom is 0.342 e. The summed E-state index contributed by atoms with van der Waals surface area (Å²) >= 11 is 0. The summed E-state index contributed by atoms with van der Waals surface area (Å²) in [5.74, 6) is 0.416. The molecule has 1 rings (SSSR count). The van der Waals surface area contributed by atoms with Gasteiger partial charge in [-0.2, -0.15) is 0 Å². The molecular weight excluding hydrogens is 272 g/mol. The molecule has 0 unspecified atom stereocenters. The second-order valence-corrected chi connectivity index (χ2v) is 5.20. The fraction of sp³-hybridized carbons (Fsp3) is 0.500. The van der Waals surface area contributed by atoms with Gasteiger partial charge >= 0.3 is 11.6 Å². The predicted molar refractivity (Wildman–Crippen MR) is 80.6 cm³/mol. The highest BCUT2D eigenvalue weighted by Gasteiger charge is 2.10. The van der Waals surface area contributed by atoms with Crippen LogP contribution in [0, 0.1) is 12.8 Å². The summed E-state index contributed by atoms with van der Waals surface area (Å²) in [6.07, 6.45) is 3.55. The van der Waals surface area contributed by atoms with Crippen molar-refractivity contribution in [1.82, 2.24) is 0 Å². The van der Waals surface area contributed by atoms with E-state index in [1.54, 1.807) is 13.0 Å². The van der Waals surface area contributed by atoms with Crippen LogP contribution in [0.5, 0.6) is 5.75 Å². The number of aliphatic carboxylic acids is 1. The minimum absolute atomic E-state index is 0.171. The summed E-state index contributed by atoms with van der Waals surface area (Å²) in [5, 5.41) is 8.62. The van der Waals surface area contributed by atoms with Crippen LogP contribution in [-0.4, -0.2) is 18.2 Å². The third-order valence-corrected chi connectivity index (χ3v) is 3.33. The first-order valence-corrected chi connectivity index (χ1v) is 6.94. The molecule has 0 radical (unpaired) electrons. The molecule has 0 bridgehead atoms. The van der Waals surface area contributed by atoms with Gasteiger partial charge in [0.15, 0.2) is 0 Å². The normalized spacial score (nSPS) is 13.0. The van der Waals surface area contributed by atoms with E-state index in [9.17, 15) is 9.59 Å². The maximum absolute atomic E-state index is 11.7. The van der Waals surface area contributed by atoms with Gasteiger partial charge < -0.3 is 14.3 Å². The molecule has 0 amide bonds. The van der Waals surface area contributed by atoms with Crippen LogP contribution in [0.15, 0.2) is 21.4 Å². The van der Waals surface area contributed by atoms with Gasteiger partial charge in [0.25, 0.3) is 0 Å². The first-order chi connectivity index (χ1) is 9.85. The zero-order valence-corrected chi connectivity index (χ0v) is 12.9. The number of carboxylic acids is 1. The number of carbonyl (C=O) groups is 1. The highest BCUT2D eigenvalue weighted by Crippen LogP contribution is 2.23. The number of carboxylic acid groups (broad SMARTS) is 1. The summed E-state index contributed by atoms with van der Waals surface area (Å²) in [6.45, 7) is 5.53. The Balaban J connectivity index is 2.84. The van der Waals surface area contributed by atoms with Crippen LogP contribution in [0.4, 0.5) is 0 Å². The fourth-order valence-corrected chi connectivity index (χ4v) is 2.11. The number of methoxy groups -OCH3 is 1. The fourth-order valence-electron chi connectivity index (χ4n) is 2.11. The summed E-state index contributed by atoms with van der Waals surface area (Å²) < 4.78 is 10.4. The summed E-state index contributed by atoms with van der Waals surface area (Å²) in [6, 6.07) is 1.70. The minimum atomic E-state index is -0.780. The first-order valence-electron chi connectivity index (χ1n) is 6.94. The van der Waals surface area contributed by atoms with E-state index in [1.165, 1.54) is 7.11 Å². The smallest absolute Gasteiger partial charge is 0.342 e. The lowest BCUT2D eigenvalue weighted by atomic mass is 10.0. The monoisotopic (exact) mass is 294 g/mol. The van der Waals surface area contributed by atoms with Gasteiger partial charge in [-0.25, -0.2) is 4.79 Å². The van der Waals surface area contributed by atoms with Gasteiger partial charge in [0.05, 0.1) is 12.7 Å². The molecule has 0 saturated carbocycles. The molecule has 1 aromatic rings. The van der Waals surface area contributed by atoms with Crippen molar-refractivity contribution < 1.29 is 19.1 Å². The van der Waals surface area contributed by atoms with E-state index in [1.807, 2.05) is 19.9 Å². The molecule has 0 fully saturated rings. The topological polar surface area (TPSA) is 76.7 Å². The Morgan fingerprint density at radius 1 is 1.52 bits per heavy atom. The van der Waals surface area contributed by atoms with Crippen molar-refractivity contribution in [3.8, 4) is 5.75 Å². The number of rotatable bonds is 7. The lowest BCUT2D eigenvalue weighted by molar-refractivity contribution is -0.137. The molecule has 0 saturated heterocycles. The predicted octanol–water partition coefficient (Wildman–Crippen LogP) is 3.25. The van der Waals surface area contributed by atoms with Gasteiger partial charge in [0, 0.05) is 12.5 Å². The molecule has 0 aliphatic heterocycles. The summed E-state index contributed by atoms with van der Waals surface area (Å²) in [7, 11) is 1.51. The van der Waals surface area contributed by atoms with Gasteiger partial charge in [-0.3, -0.25) is 4.79 Å². The lowest BCUT2D eigenvalue weighted by Gasteiger charge is -2.09. The van der Waals surface area contributed by atoms with Crippen LogP contribution in [0.2, 0.25) is 0 Å². The van der Waals surface area contributed by atoms with Crippen LogP contribution >= 0.6 is 0 Å². The third kappa shape index (κ3) is 5.10. The molecule has 0 aliphatic carbocycles. The Hall–Kier alpha value is -2.04. The zero-order chi connectivity index (χ0) is 16.0. The Labute approximate surface area is 124 Å². The van der Waals surface area contributed by atoms with Crippen LogP contribution in [0.1, 0.15) is 44.4 Å². The maximum atomic E-state index is 11.7. The molecule has 116 valence electrons. The molecule has 1 N–H and O–H groups in total. The Kier molecular flexibility index (Phi) is 6.21. The van der Waals surface area contributed by atoms with Crippen molar-refractivity contribution in [2.24, 2.45) is 5.92 Å². The van der Waals surface area contributed by atoms with Crippen LogP contribution in [0.25, 0.3) is 5.57 Å². The Morgan fingerprint density at radius 3 is 2.76 bits per heavy atom. The van der Waals surface area contributed by atoms with Crippen LogP contribution < -0.4 is 10.4 Å². The summed E-state index contributed by atoms with van der Waals surface area (Å²) in [4.78, 5) is 22.2. The van der Waals surface area contributed by atoms with Gasteiger partial charge in [0.1, 0.15) is 11.5 Å². The molecule has 1 heterocycles. The first kappa shape index (κ1) is 17.0. The van der Waals surface area contributed by atoms with E-state index in [-0.39, 0.29) is 12.3 Å². The van der Waals surface area contributed by atoms with E-state index in [0.717, 1.165) is 12.0 Å². The minimum Gasteiger partial charge on any atom is -0.496 e. The molecule has 0 aliphatic rings. The SMILES string of the molecule is COc1cc(C(C)=C[C@H](C)CCCC(=O)O)oc(=O)c1C. The standard InChI is InChI=1S/C16H22O5/c1-10(6-5-7-15(17)18)8-11(2)13-9-14(20-4)12(3)16(19)21-13/h8-10H,5-7H2,1-4H3,(H,17,18)/t10-/m1/s1. The highest BCUT2D eigenvalue weighted by atomic mass is 16.5. The average Bonchev–Trinajstić information content (AvgIpc) is 2.41. The largest absolute Gasteiger partial charge is 0.496 e. The lowest BCUT2D eigenvalue weighted by Crippen LogP contribution is -2.07. The molecule has 1 aromatic heterocycles.